The molecule has 0 atom stereocenters. The van der Waals surface area contributed by atoms with E-state index in [0.29, 0.717) is 16.0 Å². The van der Waals surface area contributed by atoms with Crippen molar-refractivity contribution in [2.24, 2.45) is 0 Å². The second-order valence-corrected chi connectivity index (χ2v) is 6.81. The van der Waals surface area contributed by atoms with E-state index in [1.807, 2.05) is 24.3 Å². The first-order chi connectivity index (χ1) is 10.2. The maximum absolute atomic E-state index is 6.04. The zero-order valence-electron chi connectivity index (χ0n) is 11.4. The summed E-state index contributed by atoms with van der Waals surface area (Å²) in [7, 11) is 0. The SMILES string of the molecule is C=CCn1c(SCc2ccc(Cl)c(Cl)c2)nnc1C1CC1. The minimum Gasteiger partial charge on any atom is -0.302 e. The van der Waals surface area contributed by atoms with Gasteiger partial charge in [-0.05, 0) is 30.5 Å². The van der Waals surface area contributed by atoms with E-state index in [-0.39, 0.29) is 0 Å². The number of thioether (sulfide) groups is 1. The van der Waals surface area contributed by atoms with E-state index < -0.39 is 0 Å². The van der Waals surface area contributed by atoms with Gasteiger partial charge in [0.1, 0.15) is 5.82 Å². The molecule has 2 aromatic rings. The number of benzene rings is 1. The number of aromatic nitrogens is 3. The van der Waals surface area contributed by atoms with E-state index in [1.165, 1.54) is 12.8 Å². The third-order valence-corrected chi connectivity index (χ3v) is 5.13. The van der Waals surface area contributed by atoms with Gasteiger partial charge in [0.15, 0.2) is 5.16 Å². The Hall–Kier alpha value is -0.970. The molecule has 1 aliphatic rings. The first kappa shape index (κ1) is 14.9. The van der Waals surface area contributed by atoms with Gasteiger partial charge in [-0.1, -0.05) is 47.1 Å². The Kier molecular flexibility index (Phi) is 4.57. The normalized spacial score (nSPS) is 14.4. The van der Waals surface area contributed by atoms with Crippen molar-refractivity contribution in [1.82, 2.24) is 14.8 Å². The van der Waals surface area contributed by atoms with Gasteiger partial charge in [0.05, 0.1) is 10.0 Å². The molecular weight excluding hydrogens is 325 g/mol. The smallest absolute Gasteiger partial charge is 0.191 e. The van der Waals surface area contributed by atoms with Crippen LogP contribution in [0.15, 0.2) is 36.0 Å². The summed E-state index contributed by atoms with van der Waals surface area (Å²) in [5.74, 6) is 2.46. The summed E-state index contributed by atoms with van der Waals surface area (Å²) < 4.78 is 2.16. The first-order valence-electron chi connectivity index (χ1n) is 6.79. The Bertz CT molecular complexity index is 665. The van der Waals surface area contributed by atoms with Gasteiger partial charge in [-0.25, -0.2) is 0 Å². The summed E-state index contributed by atoms with van der Waals surface area (Å²) >= 11 is 13.6. The summed E-state index contributed by atoms with van der Waals surface area (Å²) in [5, 5.41) is 10.8. The molecule has 0 N–H and O–H groups in total. The number of allylic oxidation sites excluding steroid dienone is 1. The quantitative estimate of drug-likeness (QED) is 0.551. The minimum atomic E-state index is 0.580. The van der Waals surface area contributed by atoms with Crippen molar-refractivity contribution in [3.05, 3.63) is 52.3 Å². The first-order valence-corrected chi connectivity index (χ1v) is 8.54. The summed E-state index contributed by atoms with van der Waals surface area (Å²) in [6, 6.07) is 5.70. The molecule has 3 rings (SSSR count). The molecule has 3 nitrogen and oxygen atoms in total. The second-order valence-electron chi connectivity index (χ2n) is 5.05. The Morgan fingerprint density at radius 2 is 2.10 bits per heavy atom. The lowest BCUT2D eigenvalue weighted by Crippen LogP contribution is -2.02. The summed E-state index contributed by atoms with van der Waals surface area (Å²) in [6.07, 6.45) is 4.32. The van der Waals surface area contributed by atoms with Crippen LogP contribution in [-0.4, -0.2) is 14.8 Å². The largest absolute Gasteiger partial charge is 0.302 e. The van der Waals surface area contributed by atoms with Crippen LogP contribution >= 0.6 is 35.0 Å². The van der Waals surface area contributed by atoms with Crippen LogP contribution in [0.5, 0.6) is 0 Å². The number of rotatable bonds is 6. The van der Waals surface area contributed by atoms with E-state index in [2.05, 4.69) is 21.3 Å². The minimum absolute atomic E-state index is 0.580. The molecule has 0 aliphatic heterocycles. The van der Waals surface area contributed by atoms with Gasteiger partial charge in [0.2, 0.25) is 0 Å². The topological polar surface area (TPSA) is 30.7 Å². The molecule has 0 amide bonds. The lowest BCUT2D eigenvalue weighted by molar-refractivity contribution is 0.681. The van der Waals surface area contributed by atoms with Crippen molar-refractivity contribution in [3.63, 3.8) is 0 Å². The predicted octanol–water partition coefficient (Wildman–Crippen LogP) is 4.94. The van der Waals surface area contributed by atoms with Crippen LogP contribution in [0.2, 0.25) is 10.0 Å². The Balaban J connectivity index is 1.75. The van der Waals surface area contributed by atoms with Crippen molar-refractivity contribution in [3.8, 4) is 0 Å². The van der Waals surface area contributed by atoms with Gasteiger partial charge >= 0.3 is 0 Å². The number of halogens is 2. The molecule has 0 unspecified atom stereocenters. The molecular formula is C15H15Cl2N3S. The van der Waals surface area contributed by atoms with Gasteiger partial charge in [-0.3, -0.25) is 0 Å². The summed E-state index contributed by atoms with van der Waals surface area (Å²) in [6.45, 7) is 4.57. The van der Waals surface area contributed by atoms with E-state index >= 15 is 0 Å². The number of hydrogen-bond donors (Lipinski definition) is 0. The lowest BCUT2D eigenvalue weighted by atomic mass is 10.2. The highest BCUT2D eigenvalue weighted by atomic mass is 35.5. The molecule has 0 spiro atoms. The molecule has 1 aromatic carbocycles. The fraction of sp³-hybridized carbons (Fsp3) is 0.333. The van der Waals surface area contributed by atoms with Crippen LogP contribution in [-0.2, 0) is 12.3 Å². The predicted molar refractivity (Wildman–Crippen MR) is 88.2 cm³/mol. The Labute approximate surface area is 138 Å². The highest BCUT2D eigenvalue weighted by Crippen LogP contribution is 2.40. The molecule has 1 aliphatic carbocycles. The summed E-state index contributed by atoms with van der Waals surface area (Å²) in [4.78, 5) is 0. The molecule has 0 bridgehead atoms. The lowest BCUT2D eigenvalue weighted by Gasteiger charge is -2.07. The van der Waals surface area contributed by atoms with Crippen LogP contribution in [0.4, 0.5) is 0 Å². The maximum Gasteiger partial charge on any atom is 0.191 e. The molecule has 0 saturated heterocycles. The van der Waals surface area contributed by atoms with Crippen molar-refractivity contribution in [2.75, 3.05) is 0 Å². The van der Waals surface area contributed by atoms with Crippen molar-refractivity contribution in [2.45, 2.75) is 36.2 Å². The number of hydrogen-bond acceptors (Lipinski definition) is 3. The molecule has 21 heavy (non-hydrogen) atoms. The van der Waals surface area contributed by atoms with Crippen LogP contribution in [0.1, 0.15) is 30.1 Å². The molecule has 110 valence electrons. The second kappa shape index (κ2) is 6.42. The average molecular weight is 340 g/mol. The zero-order chi connectivity index (χ0) is 14.8. The molecule has 1 saturated carbocycles. The number of nitrogens with zero attached hydrogens (tertiary/aromatic N) is 3. The van der Waals surface area contributed by atoms with Crippen molar-refractivity contribution in [1.29, 1.82) is 0 Å². The fourth-order valence-electron chi connectivity index (χ4n) is 2.13. The summed E-state index contributed by atoms with van der Waals surface area (Å²) in [5.41, 5.74) is 1.12. The third kappa shape index (κ3) is 3.44. The van der Waals surface area contributed by atoms with Crippen LogP contribution in [0, 0.1) is 0 Å². The Morgan fingerprint density at radius 3 is 2.76 bits per heavy atom. The molecule has 0 radical (unpaired) electrons. The highest BCUT2D eigenvalue weighted by molar-refractivity contribution is 7.98. The van der Waals surface area contributed by atoms with Crippen molar-refractivity contribution < 1.29 is 0 Å². The fourth-order valence-corrected chi connectivity index (χ4v) is 3.35. The van der Waals surface area contributed by atoms with Gasteiger partial charge in [-0.15, -0.1) is 16.8 Å². The monoisotopic (exact) mass is 339 g/mol. The molecule has 1 heterocycles. The standard InChI is InChI=1S/C15H15Cl2N3S/c1-2-7-20-14(11-4-5-11)18-19-15(20)21-9-10-3-6-12(16)13(17)8-10/h2-3,6,8,11H,1,4-5,7,9H2. The molecule has 1 fully saturated rings. The highest BCUT2D eigenvalue weighted by Gasteiger charge is 2.30. The van der Waals surface area contributed by atoms with Gasteiger partial charge in [0, 0.05) is 18.2 Å². The van der Waals surface area contributed by atoms with E-state index in [9.17, 15) is 0 Å². The van der Waals surface area contributed by atoms with Gasteiger partial charge < -0.3 is 4.57 Å². The van der Waals surface area contributed by atoms with Crippen LogP contribution < -0.4 is 0 Å². The van der Waals surface area contributed by atoms with Crippen molar-refractivity contribution >= 4 is 35.0 Å². The third-order valence-electron chi connectivity index (χ3n) is 3.35. The van der Waals surface area contributed by atoms with Crippen LogP contribution in [0.25, 0.3) is 0 Å². The molecule has 1 aromatic heterocycles. The van der Waals surface area contributed by atoms with Crippen LogP contribution in [0.3, 0.4) is 0 Å². The van der Waals surface area contributed by atoms with E-state index in [4.69, 9.17) is 23.2 Å². The zero-order valence-corrected chi connectivity index (χ0v) is 13.8. The van der Waals surface area contributed by atoms with E-state index in [1.54, 1.807) is 11.8 Å². The average Bonchev–Trinajstić information content (AvgIpc) is 3.24. The van der Waals surface area contributed by atoms with Gasteiger partial charge in [0.25, 0.3) is 0 Å². The maximum atomic E-state index is 6.04. The molecule has 6 heteroatoms. The van der Waals surface area contributed by atoms with Gasteiger partial charge in [-0.2, -0.15) is 0 Å². The Morgan fingerprint density at radius 1 is 1.29 bits per heavy atom. The van der Waals surface area contributed by atoms with E-state index in [0.717, 1.165) is 28.8 Å².